The molecule has 0 aliphatic heterocycles. The van der Waals surface area contributed by atoms with Gasteiger partial charge in [-0.1, -0.05) is 41.4 Å². The van der Waals surface area contributed by atoms with E-state index < -0.39 is 0 Å². The van der Waals surface area contributed by atoms with Gasteiger partial charge >= 0.3 is 0 Å². The Morgan fingerprint density at radius 1 is 1.43 bits per heavy atom. The average molecular weight is 254 g/mol. The van der Waals surface area contributed by atoms with E-state index in [9.17, 15) is 0 Å². The quantitative estimate of drug-likeness (QED) is 0.881. The van der Waals surface area contributed by atoms with Crippen LogP contribution in [0.1, 0.15) is 25.3 Å². The predicted molar refractivity (Wildman–Crippen MR) is 63.3 cm³/mol. The second kappa shape index (κ2) is 3.67. The van der Waals surface area contributed by atoms with E-state index in [2.05, 4.69) is 47.1 Å². The molecule has 2 unspecified atom stereocenters. The van der Waals surface area contributed by atoms with Crippen LogP contribution in [0.25, 0.3) is 0 Å². The monoisotopic (exact) mass is 253 g/mol. The molecule has 1 aromatic carbocycles. The van der Waals surface area contributed by atoms with E-state index in [1.165, 1.54) is 18.4 Å². The van der Waals surface area contributed by atoms with Crippen molar-refractivity contribution in [1.82, 2.24) is 0 Å². The number of hydrogen-bond donors (Lipinski definition) is 1. The first-order valence-corrected chi connectivity index (χ1v) is 5.98. The largest absolute Gasteiger partial charge is 0.330 e. The number of benzene rings is 1. The molecule has 1 aliphatic rings. The molecule has 76 valence electrons. The van der Waals surface area contributed by atoms with Crippen molar-refractivity contribution >= 4 is 15.9 Å². The van der Waals surface area contributed by atoms with Crippen molar-refractivity contribution in [2.24, 2.45) is 11.7 Å². The summed E-state index contributed by atoms with van der Waals surface area (Å²) in [5, 5.41) is 0. The van der Waals surface area contributed by atoms with Gasteiger partial charge in [0.25, 0.3) is 0 Å². The lowest BCUT2D eigenvalue weighted by molar-refractivity contribution is 0.600. The van der Waals surface area contributed by atoms with E-state index in [1.54, 1.807) is 0 Å². The van der Waals surface area contributed by atoms with Gasteiger partial charge in [-0.2, -0.15) is 0 Å². The summed E-state index contributed by atoms with van der Waals surface area (Å²) < 4.78 is 1.14. The Kier molecular flexibility index (Phi) is 2.67. The highest BCUT2D eigenvalue weighted by molar-refractivity contribution is 9.10. The molecule has 2 rings (SSSR count). The summed E-state index contributed by atoms with van der Waals surface area (Å²) in [6, 6.07) is 8.62. The molecule has 1 aliphatic carbocycles. The average Bonchev–Trinajstić information content (AvgIpc) is 2.94. The number of halogens is 1. The Morgan fingerprint density at radius 2 is 2.07 bits per heavy atom. The summed E-state index contributed by atoms with van der Waals surface area (Å²) in [7, 11) is 0. The van der Waals surface area contributed by atoms with E-state index in [1.807, 2.05) is 0 Å². The topological polar surface area (TPSA) is 26.0 Å². The van der Waals surface area contributed by atoms with Crippen LogP contribution in [0.3, 0.4) is 0 Å². The minimum absolute atomic E-state index is 0.301. The van der Waals surface area contributed by atoms with Gasteiger partial charge in [-0.15, -0.1) is 0 Å². The molecule has 1 nitrogen and oxygen atoms in total. The minimum Gasteiger partial charge on any atom is -0.330 e. The third kappa shape index (κ3) is 1.51. The molecule has 2 N–H and O–H groups in total. The fourth-order valence-electron chi connectivity index (χ4n) is 2.42. The highest BCUT2D eigenvalue weighted by Crippen LogP contribution is 2.55. The molecule has 2 atom stereocenters. The fraction of sp³-hybridized carbons (Fsp3) is 0.500. The lowest BCUT2D eigenvalue weighted by Gasteiger charge is -2.15. The van der Waals surface area contributed by atoms with Crippen LogP contribution in [0, 0.1) is 5.92 Å². The van der Waals surface area contributed by atoms with E-state index >= 15 is 0 Å². The van der Waals surface area contributed by atoms with Gasteiger partial charge in [0.2, 0.25) is 0 Å². The van der Waals surface area contributed by atoms with Crippen LogP contribution in [0.2, 0.25) is 0 Å². The van der Waals surface area contributed by atoms with Gasteiger partial charge in [0, 0.05) is 16.4 Å². The van der Waals surface area contributed by atoms with Gasteiger partial charge in [0.15, 0.2) is 0 Å². The minimum atomic E-state index is 0.301. The maximum Gasteiger partial charge on any atom is 0.0175 e. The molecule has 1 aromatic rings. The van der Waals surface area contributed by atoms with Crippen LogP contribution in [-0.2, 0) is 5.41 Å². The van der Waals surface area contributed by atoms with Gasteiger partial charge in [-0.3, -0.25) is 0 Å². The molecule has 1 fully saturated rings. The summed E-state index contributed by atoms with van der Waals surface area (Å²) in [6.45, 7) is 3.04. The normalized spacial score (nSPS) is 30.4. The SMILES string of the molecule is CCC1CC1(CN)c1ccc(Br)cc1. The van der Waals surface area contributed by atoms with Crippen LogP contribution < -0.4 is 5.73 Å². The first-order valence-electron chi connectivity index (χ1n) is 5.19. The molecular formula is C12H16BrN. The second-order valence-electron chi connectivity index (χ2n) is 4.18. The Bertz CT molecular complexity index is 320. The first kappa shape index (κ1) is 10.2. The highest BCUT2D eigenvalue weighted by atomic mass is 79.9. The summed E-state index contributed by atoms with van der Waals surface area (Å²) in [5.74, 6) is 0.800. The Balaban J connectivity index is 2.26. The standard InChI is InChI=1S/C12H16BrN/c1-2-9-7-12(9,8-14)10-3-5-11(13)6-4-10/h3-6,9H,2,7-8,14H2,1H3. The predicted octanol–water partition coefficient (Wildman–Crippen LogP) is 3.08. The van der Waals surface area contributed by atoms with Gasteiger partial charge in [0.05, 0.1) is 0 Å². The lowest BCUT2D eigenvalue weighted by Crippen LogP contribution is -2.22. The van der Waals surface area contributed by atoms with Crippen molar-refractivity contribution < 1.29 is 0 Å². The highest BCUT2D eigenvalue weighted by Gasteiger charge is 2.52. The van der Waals surface area contributed by atoms with Crippen LogP contribution in [0.15, 0.2) is 28.7 Å². The van der Waals surface area contributed by atoms with Gasteiger partial charge in [-0.05, 0) is 30.0 Å². The van der Waals surface area contributed by atoms with Gasteiger partial charge < -0.3 is 5.73 Å². The summed E-state index contributed by atoms with van der Waals surface area (Å²) >= 11 is 3.46. The van der Waals surface area contributed by atoms with E-state index in [-0.39, 0.29) is 0 Å². The molecule has 0 radical (unpaired) electrons. The Morgan fingerprint density at radius 3 is 2.50 bits per heavy atom. The van der Waals surface area contributed by atoms with E-state index in [0.717, 1.165) is 16.9 Å². The van der Waals surface area contributed by atoms with Crippen LogP contribution in [0.4, 0.5) is 0 Å². The second-order valence-corrected chi connectivity index (χ2v) is 5.09. The van der Waals surface area contributed by atoms with Crippen LogP contribution >= 0.6 is 15.9 Å². The zero-order valence-corrected chi connectivity index (χ0v) is 10.0. The molecule has 0 bridgehead atoms. The molecule has 0 amide bonds. The third-order valence-corrected chi connectivity index (χ3v) is 4.04. The van der Waals surface area contributed by atoms with Crippen molar-refractivity contribution in [2.75, 3.05) is 6.54 Å². The van der Waals surface area contributed by atoms with Crippen molar-refractivity contribution in [2.45, 2.75) is 25.2 Å². The summed E-state index contributed by atoms with van der Waals surface area (Å²) in [4.78, 5) is 0. The van der Waals surface area contributed by atoms with Gasteiger partial charge in [0.1, 0.15) is 0 Å². The smallest absolute Gasteiger partial charge is 0.0175 e. The molecule has 1 saturated carbocycles. The van der Waals surface area contributed by atoms with E-state index in [0.29, 0.717) is 5.41 Å². The maximum absolute atomic E-state index is 5.89. The van der Waals surface area contributed by atoms with E-state index in [4.69, 9.17) is 5.73 Å². The first-order chi connectivity index (χ1) is 6.73. The molecule has 0 heterocycles. The fourth-order valence-corrected chi connectivity index (χ4v) is 2.68. The molecular weight excluding hydrogens is 238 g/mol. The van der Waals surface area contributed by atoms with Crippen molar-refractivity contribution in [3.05, 3.63) is 34.3 Å². The summed E-state index contributed by atoms with van der Waals surface area (Å²) in [5.41, 5.74) is 7.61. The van der Waals surface area contributed by atoms with Crippen LogP contribution in [0.5, 0.6) is 0 Å². The van der Waals surface area contributed by atoms with Crippen molar-refractivity contribution in [3.63, 3.8) is 0 Å². The van der Waals surface area contributed by atoms with Crippen LogP contribution in [-0.4, -0.2) is 6.54 Å². The molecule has 0 aromatic heterocycles. The Labute approximate surface area is 93.8 Å². The van der Waals surface area contributed by atoms with Crippen molar-refractivity contribution in [1.29, 1.82) is 0 Å². The number of hydrogen-bond acceptors (Lipinski definition) is 1. The maximum atomic E-state index is 5.89. The summed E-state index contributed by atoms with van der Waals surface area (Å²) in [6.07, 6.45) is 2.51. The third-order valence-electron chi connectivity index (χ3n) is 3.51. The zero-order valence-electron chi connectivity index (χ0n) is 8.46. The molecule has 2 heteroatoms. The number of rotatable bonds is 3. The molecule has 0 spiro atoms. The Hall–Kier alpha value is -0.340. The van der Waals surface area contributed by atoms with Crippen molar-refractivity contribution in [3.8, 4) is 0 Å². The number of nitrogens with two attached hydrogens (primary N) is 1. The zero-order chi connectivity index (χ0) is 10.2. The lowest BCUT2D eigenvalue weighted by atomic mass is 9.93. The van der Waals surface area contributed by atoms with Gasteiger partial charge in [-0.25, -0.2) is 0 Å². The molecule has 0 saturated heterocycles. The molecule has 14 heavy (non-hydrogen) atoms.